The standard InChI is InChI=1S/C27H26N4O5/c1-4-36-27-29-23-11-7-10-22(26(33)34-2)24(23)31(27)16-18-12-14-19(15-13-18)20-8-5-6-9-21(20)25(28-17-32)30-35-3/h5-15,17H,4,16H2,1-3H3,(H,28,30,32). The van der Waals surface area contributed by atoms with Crippen LogP contribution in [-0.2, 0) is 20.9 Å². The average Bonchev–Trinajstić information content (AvgIpc) is 3.25. The number of hydrogen-bond acceptors (Lipinski definition) is 7. The van der Waals surface area contributed by atoms with Crippen LogP contribution >= 0.6 is 0 Å². The quantitative estimate of drug-likeness (QED) is 0.126. The molecule has 3 aromatic carbocycles. The molecule has 4 aromatic rings. The van der Waals surface area contributed by atoms with E-state index in [4.69, 9.17) is 14.3 Å². The van der Waals surface area contributed by atoms with E-state index in [1.807, 2.05) is 66.1 Å². The number of nitrogens with zero attached hydrogens (tertiary/aromatic N) is 3. The average molecular weight is 487 g/mol. The number of imidazole rings is 1. The number of amidine groups is 1. The van der Waals surface area contributed by atoms with Crippen LogP contribution in [0.25, 0.3) is 22.2 Å². The fourth-order valence-corrected chi connectivity index (χ4v) is 4.04. The predicted molar refractivity (Wildman–Crippen MR) is 136 cm³/mol. The number of carbonyl (C=O) groups excluding carboxylic acids is 2. The van der Waals surface area contributed by atoms with Crippen molar-refractivity contribution in [3.63, 3.8) is 0 Å². The summed E-state index contributed by atoms with van der Waals surface area (Å²) < 4.78 is 12.6. The summed E-state index contributed by atoms with van der Waals surface area (Å²) in [4.78, 5) is 33.0. The lowest BCUT2D eigenvalue weighted by Crippen LogP contribution is -2.23. The Balaban J connectivity index is 1.72. The molecule has 0 saturated heterocycles. The summed E-state index contributed by atoms with van der Waals surface area (Å²) in [5, 5.41) is 6.52. The smallest absolute Gasteiger partial charge is 0.340 e. The van der Waals surface area contributed by atoms with Crippen LogP contribution in [0.3, 0.4) is 0 Å². The molecule has 4 rings (SSSR count). The first-order valence-corrected chi connectivity index (χ1v) is 11.3. The molecule has 9 nitrogen and oxygen atoms in total. The summed E-state index contributed by atoms with van der Waals surface area (Å²) in [6.45, 7) is 2.76. The van der Waals surface area contributed by atoms with E-state index in [2.05, 4.69) is 15.5 Å². The van der Waals surface area contributed by atoms with E-state index in [0.717, 1.165) is 22.3 Å². The van der Waals surface area contributed by atoms with E-state index in [0.29, 0.717) is 48.0 Å². The Morgan fingerprint density at radius 1 is 1.03 bits per heavy atom. The number of esters is 1. The van der Waals surface area contributed by atoms with Gasteiger partial charge in [-0.2, -0.15) is 4.98 Å². The van der Waals surface area contributed by atoms with Gasteiger partial charge in [-0.3, -0.25) is 9.36 Å². The topological polar surface area (TPSA) is 104 Å². The molecule has 0 bridgehead atoms. The Hall–Kier alpha value is -4.66. The number of benzene rings is 3. The number of nitrogens with one attached hydrogen (secondary N) is 1. The van der Waals surface area contributed by atoms with Crippen LogP contribution in [0.15, 0.2) is 71.9 Å². The Bertz CT molecular complexity index is 1410. The molecule has 0 aliphatic rings. The predicted octanol–water partition coefficient (Wildman–Crippen LogP) is 3.99. The highest BCUT2D eigenvalue weighted by atomic mass is 16.6. The van der Waals surface area contributed by atoms with E-state index < -0.39 is 5.97 Å². The molecule has 0 atom stereocenters. The van der Waals surface area contributed by atoms with Crippen LogP contribution in [0.4, 0.5) is 0 Å². The van der Waals surface area contributed by atoms with E-state index in [1.165, 1.54) is 14.2 Å². The molecule has 0 unspecified atom stereocenters. The number of carbonyl (C=O) groups is 2. The molecule has 1 heterocycles. The summed E-state index contributed by atoms with van der Waals surface area (Å²) >= 11 is 0. The van der Waals surface area contributed by atoms with Crippen molar-refractivity contribution in [2.75, 3.05) is 20.8 Å². The summed E-state index contributed by atoms with van der Waals surface area (Å²) in [7, 11) is 2.78. The zero-order valence-electron chi connectivity index (χ0n) is 20.2. The van der Waals surface area contributed by atoms with Crippen molar-refractivity contribution < 1.29 is 23.9 Å². The number of rotatable bonds is 9. The Labute approximate surface area is 208 Å². The normalized spacial score (nSPS) is 11.2. The minimum atomic E-state index is -0.436. The highest BCUT2D eigenvalue weighted by molar-refractivity contribution is 6.08. The lowest BCUT2D eigenvalue weighted by atomic mass is 9.98. The van der Waals surface area contributed by atoms with Crippen molar-refractivity contribution in [2.45, 2.75) is 13.5 Å². The maximum absolute atomic E-state index is 12.4. The first-order chi connectivity index (χ1) is 17.6. The molecular formula is C27H26N4O5. The van der Waals surface area contributed by atoms with Gasteiger partial charge in [0.15, 0.2) is 5.84 Å². The number of amides is 1. The highest BCUT2D eigenvalue weighted by Gasteiger charge is 2.20. The second kappa shape index (κ2) is 11.2. The van der Waals surface area contributed by atoms with Crippen molar-refractivity contribution in [3.8, 4) is 17.1 Å². The molecule has 0 aliphatic carbocycles. The van der Waals surface area contributed by atoms with E-state index in [-0.39, 0.29) is 0 Å². The third-order valence-corrected chi connectivity index (χ3v) is 5.58. The largest absolute Gasteiger partial charge is 0.465 e. The molecule has 0 radical (unpaired) electrons. The van der Waals surface area contributed by atoms with Gasteiger partial charge >= 0.3 is 5.97 Å². The van der Waals surface area contributed by atoms with E-state index >= 15 is 0 Å². The van der Waals surface area contributed by atoms with Crippen LogP contribution in [0.1, 0.15) is 28.4 Å². The van der Waals surface area contributed by atoms with Gasteiger partial charge in [-0.1, -0.05) is 59.8 Å². The molecule has 0 spiro atoms. The lowest BCUT2D eigenvalue weighted by Gasteiger charge is -2.13. The molecule has 0 fully saturated rings. The van der Waals surface area contributed by atoms with Gasteiger partial charge in [0.25, 0.3) is 6.01 Å². The molecule has 1 amide bonds. The molecule has 184 valence electrons. The highest BCUT2D eigenvalue weighted by Crippen LogP contribution is 2.28. The fraction of sp³-hybridized carbons (Fsp3) is 0.185. The van der Waals surface area contributed by atoms with Crippen molar-refractivity contribution >= 4 is 29.2 Å². The third-order valence-electron chi connectivity index (χ3n) is 5.58. The number of oxime groups is 1. The number of hydrogen-bond donors (Lipinski definition) is 1. The first-order valence-electron chi connectivity index (χ1n) is 11.3. The first kappa shape index (κ1) is 24.5. The van der Waals surface area contributed by atoms with Crippen LogP contribution in [0.5, 0.6) is 6.01 Å². The fourth-order valence-electron chi connectivity index (χ4n) is 4.04. The van der Waals surface area contributed by atoms with Crippen molar-refractivity contribution in [1.29, 1.82) is 0 Å². The van der Waals surface area contributed by atoms with Gasteiger partial charge in [-0.25, -0.2) is 4.79 Å². The van der Waals surface area contributed by atoms with E-state index in [1.54, 1.807) is 12.1 Å². The lowest BCUT2D eigenvalue weighted by molar-refractivity contribution is -0.108. The van der Waals surface area contributed by atoms with Crippen LogP contribution in [-0.4, -0.2) is 48.6 Å². The second-order valence-corrected chi connectivity index (χ2v) is 7.71. The molecule has 9 heteroatoms. The molecule has 36 heavy (non-hydrogen) atoms. The third kappa shape index (κ3) is 4.90. The van der Waals surface area contributed by atoms with Gasteiger partial charge < -0.3 is 19.6 Å². The van der Waals surface area contributed by atoms with Gasteiger partial charge in [0, 0.05) is 5.56 Å². The number of methoxy groups -OCH3 is 1. The van der Waals surface area contributed by atoms with Gasteiger partial charge in [0.05, 0.1) is 36.9 Å². The second-order valence-electron chi connectivity index (χ2n) is 7.71. The molecule has 0 saturated carbocycles. The maximum atomic E-state index is 12.4. The zero-order valence-corrected chi connectivity index (χ0v) is 20.2. The summed E-state index contributed by atoms with van der Waals surface area (Å²) in [6, 6.07) is 21.3. The summed E-state index contributed by atoms with van der Waals surface area (Å²) in [6.07, 6.45) is 0.561. The molecular weight excluding hydrogens is 460 g/mol. The van der Waals surface area contributed by atoms with Crippen LogP contribution in [0, 0.1) is 0 Å². The van der Waals surface area contributed by atoms with Gasteiger partial charge in [-0.15, -0.1) is 0 Å². The van der Waals surface area contributed by atoms with Crippen molar-refractivity contribution in [2.24, 2.45) is 5.16 Å². The Morgan fingerprint density at radius 2 is 1.78 bits per heavy atom. The monoisotopic (exact) mass is 486 g/mol. The minimum Gasteiger partial charge on any atom is -0.465 e. The molecule has 0 aliphatic heterocycles. The number of fused-ring (bicyclic) bond motifs is 1. The zero-order chi connectivity index (χ0) is 25.5. The number of para-hydroxylation sites is 1. The molecule has 1 N–H and O–H groups in total. The van der Waals surface area contributed by atoms with Gasteiger partial charge in [0.1, 0.15) is 7.11 Å². The van der Waals surface area contributed by atoms with Gasteiger partial charge in [-0.05, 0) is 35.7 Å². The van der Waals surface area contributed by atoms with Gasteiger partial charge in [0.2, 0.25) is 6.41 Å². The molecule has 1 aromatic heterocycles. The van der Waals surface area contributed by atoms with E-state index in [9.17, 15) is 9.59 Å². The number of ether oxygens (including phenoxy) is 2. The van der Waals surface area contributed by atoms with Crippen molar-refractivity contribution in [3.05, 3.63) is 83.4 Å². The van der Waals surface area contributed by atoms with Crippen LogP contribution in [0.2, 0.25) is 0 Å². The Morgan fingerprint density at radius 3 is 2.47 bits per heavy atom. The summed E-state index contributed by atoms with van der Waals surface area (Å²) in [5.41, 5.74) is 5.25. The Kier molecular flexibility index (Phi) is 7.60. The minimum absolute atomic E-state index is 0.314. The van der Waals surface area contributed by atoms with Crippen molar-refractivity contribution in [1.82, 2.24) is 14.9 Å². The SMILES string of the molecule is CCOc1nc2cccc(C(=O)OC)c2n1Cc1ccc(-c2ccccc2/C(=N/OC)NC=O)cc1. The summed E-state index contributed by atoms with van der Waals surface area (Å²) in [5.74, 6) is -0.122. The maximum Gasteiger partial charge on any atom is 0.340 e. The van der Waals surface area contributed by atoms with Crippen LogP contribution < -0.4 is 10.1 Å². The number of aromatic nitrogens is 2.